The summed E-state index contributed by atoms with van der Waals surface area (Å²) in [7, 11) is 1.73. The van der Waals surface area contributed by atoms with E-state index in [2.05, 4.69) is 0 Å². The Kier molecular flexibility index (Phi) is 4.37. The molecule has 84 valence electrons. The van der Waals surface area contributed by atoms with Crippen molar-refractivity contribution in [3.63, 3.8) is 0 Å². The molecule has 4 heteroatoms. The molecule has 0 saturated carbocycles. The molecule has 0 aliphatic carbocycles. The Morgan fingerprint density at radius 1 is 1.53 bits per heavy atom. The highest BCUT2D eigenvalue weighted by Crippen LogP contribution is 2.07. The van der Waals surface area contributed by atoms with E-state index < -0.39 is 0 Å². The average Bonchev–Trinajstić information content (AvgIpc) is 2.61. The average molecular weight is 211 g/mol. The van der Waals surface area contributed by atoms with Crippen LogP contribution in [0.15, 0.2) is 16.5 Å². The molecule has 0 saturated heterocycles. The van der Waals surface area contributed by atoms with Crippen molar-refractivity contribution in [1.82, 2.24) is 4.90 Å². The fourth-order valence-electron chi connectivity index (χ4n) is 1.31. The van der Waals surface area contributed by atoms with Crippen molar-refractivity contribution < 1.29 is 14.3 Å². The minimum absolute atomic E-state index is 0.0409. The highest BCUT2D eigenvalue weighted by atomic mass is 16.3. The number of rotatable bonds is 5. The minimum Gasteiger partial charge on any atom is -0.466 e. The number of aryl methyl sites for hydroxylation is 1. The van der Waals surface area contributed by atoms with Gasteiger partial charge < -0.3 is 14.4 Å². The Labute approximate surface area is 89.5 Å². The zero-order valence-corrected chi connectivity index (χ0v) is 9.19. The van der Waals surface area contributed by atoms with E-state index in [0.717, 1.165) is 11.5 Å². The van der Waals surface area contributed by atoms with E-state index in [1.54, 1.807) is 11.9 Å². The number of hydrogen-bond acceptors (Lipinski definition) is 3. The molecule has 0 unspecified atom stereocenters. The lowest BCUT2D eigenvalue weighted by Crippen LogP contribution is -2.29. The van der Waals surface area contributed by atoms with Crippen molar-refractivity contribution in [1.29, 1.82) is 0 Å². The van der Waals surface area contributed by atoms with Crippen LogP contribution in [0.4, 0.5) is 0 Å². The van der Waals surface area contributed by atoms with Gasteiger partial charge in [-0.05, 0) is 19.1 Å². The molecule has 0 bridgehead atoms. The van der Waals surface area contributed by atoms with Gasteiger partial charge in [-0.2, -0.15) is 0 Å². The molecule has 15 heavy (non-hydrogen) atoms. The SMILES string of the molecule is Cc1ccc(CCN(C)C(=O)CCO)o1. The highest BCUT2D eigenvalue weighted by molar-refractivity contribution is 5.75. The van der Waals surface area contributed by atoms with Crippen LogP contribution in [-0.2, 0) is 11.2 Å². The second-order valence-electron chi connectivity index (χ2n) is 3.55. The second-order valence-corrected chi connectivity index (χ2v) is 3.55. The first-order valence-corrected chi connectivity index (χ1v) is 5.03. The second kappa shape index (κ2) is 5.56. The Morgan fingerprint density at radius 3 is 2.80 bits per heavy atom. The molecule has 1 aromatic heterocycles. The molecule has 1 aromatic rings. The maximum absolute atomic E-state index is 11.3. The van der Waals surface area contributed by atoms with Crippen molar-refractivity contribution in [3.05, 3.63) is 23.7 Å². The first-order valence-electron chi connectivity index (χ1n) is 5.03. The molecule has 0 aromatic carbocycles. The summed E-state index contributed by atoms with van der Waals surface area (Å²) in [5.41, 5.74) is 0. The van der Waals surface area contributed by atoms with Gasteiger partial charge in [0.05, 0.1) is 6.61 Å². The van der Waals surface area contributed by atoms with Gasteiger partial charge in [-0.15, -0.1) is 0 Å². The lowest BCUT2D eigenvalue weighted by atomic mass is 10.3. The smallest absolute Gasteiger partial charge is 0.224 e. The van der Waals surface area contributed by atoms with Crippen LogP contribution in [0.5, 0.6) is 0 Å². The van der Waals surface area contributed by atoms with Crippen LogP contribution in [0.3, 0.4) is 0 Å². The van der Waals surface area contributed by atoms with Gasteiger partial charge in [-0.25, -0.2) is 0 Å². The first-order chi connectivity index (χ1) is 7.13. The molecule has 4 nitrogen and oxygen atoms in total. The summed E-state index contributed by atoms with van der Waals surface area (Å²) < 4.78 is 5.39. The summed E-state index contributed by atoms with van der Waals surface area (Å²) in [6.45, 7) is 2.42. The van der Waals surface area contributed by atoms with Crippen molar-refractivity contribution >= 4 is 5.91 Å². The summed E-state index contributed by atoms with van der Waals surface area (Å²) in [5.74, 6) is 1.73. The number of nitrogens with zero attached hydrogens (tertiary/aromatic N) is 1. The van der Waals surface area contributed by atoms with Gasteiger partial charge in [0.1, 0.15) is 11.5 Å². The standard InChI is InChI=1S/C11H17NO3/c1-9-3-4-10(15-9)5-7-12(2)11(14)6-8-13/h3-4,13H,5-8H2,1-2H3. The number of furan rings is 1. The van der Waals surface area contributed by atoms with Gasteiger partial charge in [-0.3, -0.25) is 4.79 Å². The van der Waals surface area contributed by atoms with Crippen molar-refractivity contribution in [3.8, 4) is 0 Å². The number of amides is 1. The van der Waals surface area contributed by atoms with Gasteiger partial charge in [0, 0.05) is 26.4 Å². The molecule has 1 rings (SSSR count). The van der Waals surface area contributed by atoms with Crippen LogP contribution in [0.1, 0.15) is 17.9 Å². The van der Waals surface area contributed by atoms with Gasteiger partial charge in [0.25, 0.3) is 0 Å². The Hall–Kier alpha value is -1.29. The van der Waals surface area contributed by atoms with E-state index >= 15 is 0 Å². The molecule has 1 N–H and O–H groups in total. The van der Waals surface area contributed by atoms with Crippen LogP contribution in [-0.4, -0.2) is 36.1 Å². The van der Waals surface area contributed by atoms with Crippen molar-refractivity contribution in [2.45, 2.75) is 19.8 Å². The molecular weight excluding hydrogens is 194 g/mol. The quantitative estimate of drug-likeness (QED) is 0.789. The summed E-state index contributed by atoms with van der Waals surface area (Å²) in [6, 6.07) is 3.82. The first kappa shape index (κ1) is 11.8. The monoisotopic (exact) mass is 211 g/mol. The molecule has 0 radical (unpaired) electrons. The highest BCUT2D eigenvalue weighted by Gasteiger charge is 2.08. The lowest BCUT2D eigenvalue weighted by Gasteiger charge is -2.15. The van der Waals surface area contributed by atoms with Gasteiger partial charge in [-0.1, -0.05) is 0 Å². The predicted molar refractivity (Wildman–Crippen MR) is 56.5 cm³/mol. The number of carbonyl (C=O) groups is 1. The van der Waals surface area contributed by atoms with Crippen molar-refractivity contribution in [2.75, 3.05) is 20.2 Å². The summed E-state index contributed by atoms with van der Waals surface area (Å²) in [4.78, 5) is 12.9. The summed E-state index contributed by atoms with van der Waals surface area (Å²) >= 11 is 0. The normalized spacial score (nSPS) is 10.3. The van der Waals surface area contributed by atoms with E-state index in [-0.39, 0.29) is 18.9 Å². The van der Waals surface area contributed by atoms with Crippen molar-refractivity contribution in [2.24, 2.45) is 0 Å². The van der Waals surface area contributed by atoms with E-state index in [9.17, 15) is 4.79 Å². The molecule has 0 atom stereocenters. The molecular formula is C11H17NO3. The molecule has 1 heterocycles. The topological polar surface area (TPSA) is 53.7 Å². The van der Waals surface area contributed by atoms with Crippen LogP contribution >= 0.6 is 0 Å². The minimum atomic E-state index is -0.0942. The number of hydrogen-bond donors (Lipinski definition) is 1. The van der Waals surface area contributed by atoms with E-state index in [0.29, 0.717) is 13.0 Å². The lowest BCUT2D eigenvalue weighted by molar-refractivity contribution is -0.130. The third-order valence-electron chi connectivity index (χ3n) is 2.24. The molecule has 0 aliphatic heterocycles. The number of carbonyl (C=O) groups excluding carboxylic acids is 1. The summed E-state index contributed by atoms with van der Waals surface area (Å²) in [5, 5.41) is 8.61. The van der Waals surface area contributed by atoms with Gasteiger partial charge in [0.2, 0.25) is 5.91 Å². The fraction of sp³-hybridized carbons (Fsp3) is 0.545. The number of likely N-dealkylation sites (N-methyl/N-ethyl adjacent to an activating group) is 1. The zero-order chi connectivity index (χ0) is 11.3. The van der Waals surface area contributed by atoms with Gasteiger partial charge in [0.15, 0.2) is 0 Å². The third kappa shape index (κ3) is 3.75. The van der Waals surface area contributed by atoms with E-state index in [1.807, 2.05) is 19.1 Å². The van der Waals surface area contributed by atoms with Crippen LogP contribution in [0.2, 0.25) is 0 Å². The largest absolute Gasteiger partial charge is 0.466 e. The molecule has 0 spiro atoms. The maximum atomic E-state index is 11.3. The number of aliphatic hydroxyl groups excluding tert-OH is 1. The third-order valence-corrected chi connectivity index (χ3v) is 2.24. The van der Waals surface area contributed by atoms with E-state index in [1.165, 1.54) is 0 Å². The zero-order valence-electron chi connectivity index (χ0n) is 9.19. The molecule has 0 fully saturated rings. The Balaban J connectivity index is 2.33. The fourth-order valence-corrected chi connectivity index (χ4v) is 1.31. The number of aliphatic hydroxyl groups is 1. The maximum Gasteiger partial charge on any atom is 0.224 e. The van der Waals surface area contributed by atoms with Gasteiger partial charge >= 0.3 is 0 Å². The molecule has 1 amide bonds. The van der Waals surface area contributed by atoms with E-state index in [4.69, 9.17) is 9.52 Å². The Morgan fingerprint density at radius 2 is 2.27 bits per heavy atom. The van der Waals surface area contributed by atoms with Crippen LogP contribution < -0.4 is 0 Å². The Bertz CT molecular complexity index is 319. The van der Waals surface area contributed by atoms with Crippen LogP contribution in [0, 0.1) is 6.92 Å². The molecule has 0 aliphatic rings. The summed E-state index contributed by atoms with van der Waals surface area (Å²) in [6.07, 6.45) is 0.898. The predicted octanol–water partition coefficient (Wildman–Crippen LogP) is 0.971. The van der Waals surface area contributed by atoms with Crippen LogP contribution in [0.25, 0.3) is 0 Å².